The van der Waals surface area contributed by atoms with Crippen LogP contribution >= 0.6 is 0 Å². The third kappa shape index (κ3) is 4.58. The molecule has 0 unspecified atom stereocenters. The molecule has 0 atom stereocenters. The summed E-state index contributed by atoms with van der Waals surface area (Å²) in [7, 11) is -7.09. The first kappa shape index (κ1) is 16.6. The monoisotopic (exact) mass is 321 g/mol. The smallest absolute Gasteiger partial charge is 0.335 e. The lowest BCUT2D eigenvalue weighted by molar-refractivity contribution is 0.0696. The zero-order valence-electron chi connectivity index (χ0n) is 10.7. The van der Waals surface area contributed by atoms with Crippen LogP contribution < -0.4 is 4.72 Å². The Morgan fingerprint density at radius 2 is 1.70 bits per heavy atom. The predicted molar refractivity (Wildman–Crippen MR) is 72.9 cm³/mol. The van der Waals surface area contributed by atoms with Gasteiger partial charge in [-0.15, -0.1) is 0 Å². The maximum Gasteiger partial charge on any atom is 0.335 e. The molecule has 0 saturated carbocycles. The maximum absolute atomic E-state index is 11.8. The number of carboxylic acid groups (broad SMARTS) is 1. The van der Waals surface area contributed by atoms with Crippen LogP contribution in [-0.4, -0.2) is 46.0 Å². The van der Waals surface area contributed by atoms with Gasteiger partial charge in [-0.25, -0.2) is 26.4 Å². The molecule has 0 amide bonds. The van der Waals surface area contributed by atoms with Gasteiger partial charge in [0.15, 0.2) is 9.84 Å². The van der Waals surface area contributed by atoms with Crippen molar-refractivity contribution in [3.63, 3.8) is 0 Å². The molecule has 0 radical (unpaired) electrons. The van der Waals surface area contributed by atoms with Crippen molar-refractivity contribution >= 4 is 25.8 Å². The first-order chi connectivity index (χ1) is 9.18. The largest absolute Gasteiger partial charge is 0.478 e. The number of carboxylic acids is 1. The van der Waals surface area contributed by atoms with Crippen molar-refractivity contribution in [3.05, 3.63) is 29.8 Å². The Labute approximate surface area is 117 Å². The lowest BCUT2D eigenvalue weighted by Crippen LogP contribution is -2.29. The summed E-state index contributed by atoms with van der Waals surface area (Å²) in [5.74, 6) is -1.49. The average molecular weight is 321 g/mol. The van der Waals surface area contributed by atoms with Crippen LogP contribution in [0.25, 0.3) is 0 Å². The van der Waals surface area contributed by atoms with Crippen molar-refractivity contribution in [1.82, 2.24) is 4.72 Å². The molecule has 0 aromatic heterocycles. The molecule has 0 aliphatic carbocycles. The van der Waals surface area contributed by atoms with E-state index in [2.05, 4.69) is 4.72 Å². The molecule has 0 aliphatic rings. The summed E-state index contributed by atoms with van der Waals surface area (Å²) in [4.78, 5) is 10.5. The van der Waals surface area contributed by atoms with E-state index in [4.69, 9.17) is 5.11 Å². The van der Waals surface area contributed by atoms with Crippen LogP contribution in [-0.2, 0) is 19.9 Å². The molecule has 1 rings (SSSR count). The number of hydrogen-bond donors (Lipinski definition) is 2. The van der Waals surface area contributed by atoms with Crippen molar-refractivity contribution in [2.24, 2.45) is 0 Å². The molecule has 0 bridgehead atoms. The van der Waals surface area contributed by atoms with Crippen LogP contribution in [0.4, 0.5) is 0 Å². The second-order valence-corrected chi connectivity index (χ2v) is 8.20. The van der Waals surface area contributed by atoms with Gasteiger partial charge in [0.2, 0.25) is 10.0 Å². The Morgan fingerprint density at radius 3 is 2.15 bits per heavy atom. The summed E-state index contributed by atoms with van der Waals surface area (Å²) in [6.45, 7) is 1.26. The van der Waals surface area contributed by atoms with Gasteiger partial charge < -0.3 is 5.11 Å². The van der Waals surface area contributed by atoms with Gasteiger partial charge in [0.25, 0.3) is 0 Å². The average Bonchev–Trinajstić information content (AvgIpc) is 2.38. The highest BCUT2D eigenvalue weighted by molar-refractivity contribution is 7.91. The molecule has 0 fully saturated rings. The summed E-state index contributed by atoms with van der Waals surface area (Å²) >= 11 is 0. The van der Waals surface area contributed by atoms with E-state index in [1.807, 2.05) is 0 Å². The quantitative estimate of drug-likeness (QED) is 0.735. The normalized spacial score (nSPS) is 12.2. The minimum atomic E-state index is -3.84. The highest BCUT2D eigenvalue weighted by Gasteiger charge is 2.16. The number of hydrogen-bond acceptors (Lipinski definition) is 5. The molecule has 0 aliphatic heterocycles. The van der Waals surface area contributed by atoms with Crippen molar-refractivity contribution < 1.29 is 26.7 Å². The van der Waals surface area contributed by atoms with Crippen LogP contribution in [0, 0.1) is 0 Å². The van der Waals surface area contributed by atoms with Crippen molar-refractivity contribution in [3.8, 4) is 0 Å². The fraction of sp³-hybridized carbons (Fsp3) is 0.364. The van der Waals surface area contributed by atoms with Crippen LogP contribution in [0.2, 0.25) is 0 Å². The van der Waals surface area contributed by atoms with Crippen LogP contribution in [0.5, 0.6) is 0 Å². The lowest BCUT2D eigenvalue weighted by atomic mass is 10.2. The maximum atomic E-state index is 11.8. The van der Waals surface area contributed by atoms with Crippen LogP contribution in [0.3, 0.4) is 0 Å². The second kappa shape index (κ2) is 6.33. The second-order valence-electron chi connectivity index (χ2n) is 3.96. The topological polar surface area (TPSA) is 118 Å². The summed E-state index contributed by atoms with van der Waals surface area (Å²) in [6, 6.07) is 4.64. The lowest BCUT2D eigenvalue weighted by Gasteiger charge is -2.07. The number of benzene rings is 1. The van der Waals surface area contributed by atoms with Gasteiger partial charge in [-0.2, -0.15) is 0 Å². The van der Waals surface area contributed by atoms with Gasteiger partial charge in [0, 0.05) is 12.3 Å². The highest BCUT2D eigenvalue weighted by Crippen LogP contribution is 2.10. The van der Waals surface area contributed by atoms with E-state index in [0.29, 0.717) is 0 Å². The van der Waals surface area contributed by atoms with Gasteiger partial charge in [0.05, 0.1) is 16.2 Å². The third-order valence-corrected chi connectivity index (χ3v) is 5.74. The molecule has 20 heavy (non-hydrogen) atoms. The number of carbonyl (C=O) groups is 1. The third-order valence-electron chi connectivity index (χ3n) is 2.56. The summed E-state index contributed by atoms with van der Waals surface area (Å²) in [6.07, 6.45) is 0. The van der Waals surface area contributed by atoms with Gasteiger partial charge in [-0.1, -0.05) is 6.92 Å². The Hall–Kier alpha value is -1.45. The van der Waals surface area contributed by atoms with E-state index >= 15 is 0 Å². The summed E-state index contributed by atoms with van der Waals surface area (Å²) < 4.78 is 48.3. The summed E-state index contributed by atoms with van der Waals surface area (Å²) in [5, 5.41) is 8.70. The molecule has 1 aromatic carbocycles. The number of nitrogens with one attached hydrogen (secondary N) is 1. The van der Waals surface area contributed by atoms with E-state index in [0.717, 1.165) is 12.1 Å². The van der Waals surface area contributed by atoms with E-state index in [1.54, 1.807) is 0 Å². The fourth-order valence-electron chi connectivity index (χ4n) is 1.34. The molecule has 1 aromatic rings. The molecule has 0 heterocycles. The minimum absolute atomic E-state index is 0.0301. The van der Waals surface area contributed by atoms with Crippen LogP contribution in [0.1, 0.15) is 17.3 Å². The Bertz CT molecular complexity index is 676. The SMILES string of the molecule is CCS(=O)(=O)CCNS(=O)(=O)c1ccc(C(=O)O)cc1. The molecular weight excluding hydrogens is 306 g/mol. The van der Waals surface area contributed by atoms with Crippen molar-refractivity contribution in [2.45, 2.75) is 11.8 Å². The van der Waals surface area contributed by atoms with Gasteiger partial charge in [0.1, 0.15) is 0 Å². The molecule has 2 N–H and O–H groups in total. The van der Waals surface area contributed by atoms with Crippen molar-refractivity contribution in [2.75, 3.05) is 18.1 Å². The Kier molecular flexibility index (Phi) is 5.26. The number of rotatable bonds is 7. The molecule has 7 nitrogen and oxygen atoms in total. The predicted octanol–water partition coefficient (Wildman–Crippen LogP) is 0.0978. The van der Waals surface area contributed by atoms with E-state index < -0.39 is 25.8 Å². The number of aromatic carboxylic acids is 1. The summed E-state index contributed by atoms with van der Waals surface area (Å²) in [5.41, 5.74) is -0.0301. The van der Waals surface area contributed by atoms with Crippen LogP contribution in [0.15, 0.2) is 29.2 Å². The Balaban J connectivity index is 2.77. The zero-order chi connectivity index (χ0) is 15.4. The van der Waals surface area contributed by atoms with Gasteiger partial charge in [-0.05, 0) is 24.3 Å². The molecule has 112 valence electrons. The van der Waals surface area contributed by atoms with E-state index in [1.165, 1.54) is 19.1 Å². The Morgan fingerprint density at radius 1 is 1.15 bits per heavy atom. The molecule has 9 heteroatoms. The molecular formula is C11H15NO6S2. The standard InChI is InChI=1S/C11H15NO6S2/c1-2-19(15,16)8-7-12-20(17,18)10-5-3-9(4-6-10)11(13)14/h3-6,12H,2,7-8H2,1H3,(H,13,14). The van der Waals surface area contributed by atoms with Gasteiger partial charge in [-0.3, -0.25) is 0 Å². The zero-order valence-corrected chi connectivity index (χ0v) is 12.4. The molecule has 0 saturated heterocycles. The molecule has 0 spiro atoms. The van der Waals surface area contributed by atoms with Gasteiger partial charge >= 0.3 is 5.97 Å². The highest BCUT2D eigenvalue weighted by atomic mass is 32.2. The first-order valence-corrected chi connectivity index (χ1v) is 9.02. The minimum Gasteiger partial charge on any atom is -0.478 e. The van der Waals surface area contributed by atoms with E-state index in [-0.39, 0.29) is 28.5 Å². The fourth-order valence-corrected chi connectivity index (χ4v) is 3.20. The first-order valence-electron chi connectivity index (χ1n) is 5.71. The van der Waals surface area contributed by atoms with E-state index in [9.17, 15) is 21.6 Å². The van der Waals surface area contributed by atoms with Crippen molar-refractivity contribution in [1.29, 1.82) is 0 Å². The number of sulfonamides is 1. The number of sulfone groups is 1.